The summed E-state index contributed by atoms with van der Waals surface area (Å²) in [4.78, 5) is 4.16. The molecule has 1 rings (SSSR count). The standard InChI is InChI=1S/C10H11N/c1-2-3-4-7-10-8-5-6-9-11-10/h2-6,8-9H,1,7H2. The number of pyridine rings is 1. The summed E-state index contributed by atoms with van der Waals surface area (Å²) in [5.41, 5.74) is 1.09. The summed E-state index contributed by atoms with van der Waals surface area (Å²) < 4.78 is 0. The molecule has 0 aliphatic heterocycles. The van der Waals surface area contributed by atoms with Crippen LogP contribution in [0.2, 0.25) is 0 Å². The third-order valence-corrected chi connectivity index (χ3v) is 1.33. The first-order valence-corrected chi connectivity index (χ1v) is 3.61. The van der Waals surface area contributed by atoms with E-state index in [1.807, 2.05) is 30.4 Å². The van der Waals surface area contributed by atoms with Gasteiger partial charge in [-0.25, -0.2) is 0 Å². The summed E-state index contributed by atoms with van der Waals surface area (Å²) >= 11 is 0. The van der Waals surface area contributed by atoms with Crippen molar-refractivity contribution in [2.24, 2.45) is 0 Å². The van der Waals surface area contributed by atoms with Crippen molar-refractivity contribution < 1.29 is 0 Å². The second-order valence-corrected chi connectivity index (χ2v) is 2.19. The van der Waals surface area contributed by atoms with Crippen LogP contribution in [0, 0.1) is 0 Å². The zero-order chi connectivity index (χ0) is 7.94. The predicted octanol–water partition coefficient (Wildman–Crippen LogP) is 2.37. The van der Waals surface area contributed by atoms with Crippen molar-refractivity contribution in [2.45, 2.75) is 6.42 Å². The molecule has 0 N–H and O–H groups in total. The summed E-state index contributed by atoms with van der Waals surface area (Å²) in [5, 5.41) is 0. The molecular formula is C10H11N. The summed E-state index contributed by atoms with van der Waals surface area (Å²) in [5.74, 6) is 0. The fourth-order valence-electron chi connectivity index (χ4n) is 0.804. The average Bonchev–Trinajstić information content (AvgIpc) is 2.07. The van der Waals surface area contributed by atoms with E-state index in [0.717, 1.165) is 12.1 Å². The molecule has 0 unspecified atom stereocenters. The van der Waals surface area contributed by atoms with Crippen LogP contribution in [0.25, 0.3) is 0 Å². The second-order valence-electron chi connectivity index (χ2n) is 2.19. The number of nitrogens with zero attached hydrogens (tertiary/aromatic N) is 1. The largest absolute Gasteiger partial charge is 0.261 e. The van der Waals surface area contributed by atoms with Gasteiger partial charge in [-0.1, -0.05) is 30.9 Å². The van der Waals surface area contributed by atoms with Crippen LogP contribution in [0.1, 0.15) is 5.69 Å². The van der Waals surface area contributed by atoms with Crippen LogP contribution in [0.15, 0.2) is 49.2 Å². The lowest BCUT2D eigenvalue weighted by molar-refractivity contribution is 1.11. The van der Waals surface area contributed by atoms with Gasteiger partial charge >= 0.3 is 0 Å². The maximum Gasteiger partial charge on any atom is 0.0441 e. The minimum absolute atomic E-state index is 0.882. The van der Waals surface area contributed by atoms with E-state index in [2.05, 4.69) is 11.6 Å². The molecule has 0 aliphatic rings. The maximum atomic E-state index is 4.16. The summed E-state index contributed by atoms with van der Waals surface area (Å²) in [6.45, 7) is 3.58. The molecule has 0 atom stereocenters. The van der Waals surface area contributed by atoms with E-state index in [9.17, 15) is 0 Å². The molecule has 0 amide bonds. The third-order valence-electron chi connectivity index (χ3n) is 1.33. The number of aromatic nitrogens is 1. The topological polar surface area (TPSA) is 12.9 Å². The zero-order valence-corrected chi connectivity index (χ0v) is 6.40. The first kappa shape index (κ1) is 7.73. The SMILES string of the molecule is C=CC=CCc1ccccn1. The van der Waals surface area contributed by atoms with Gasteiger partial charge in [0.25, 0.3) is 0 Å². The molecule has 1 nitrogen and oxygen atoms in total. The van der Waals surface area contributed by atoms with Gasteiger partial charge in [-0.05, 0) is 12.1 Å². The van der Waals surface area contributed by atoms with Gasteiger partial charge < -0.3 is 0 Å². The highest BCUT2D eigenvalue weighted by Crippen LogP contribution is 1.94. The predicted molar refractivity (Wildman–Crippen MR) is 47.3 cm³/mol. The minimum Gasteiger partial charge on any atom is -0.261 e. The summed E-state index contributed by atoms with van der Waals surface area (Å²) in [6.07, 6.45) is 8.41. The van der Waals surface area contributed by atoms with E-state index in [-0.39, 0.29) is 0 Å². The van der Waals surface area contributed by atoms with E-state index in [1.54, 1.807) is 12.3 Å². The van der Waals surface area contributed by atoms with Gasteiger partial charge in [-0.15, -0.1) is 0 Å². The van der Waals surface area contributed by atoms with Crippen LogP contribution in [-0.2, 0) is 6.42 Å². The Morgan fingerprint density at radius 3 is 3.00 bits per heavy atom. The number of hydrogen-bond acceptors (Lipinski definition) is 1. The van der Waals surface area contributed by atoms with Gasteiger partial charge in [-0.3, -0.25) is 4.98 Å². The van der Waals surface area contributed by atoms with Crippen molar-refractivity contribution in [3.05, 3.63) is 54.9 Å². The first-order valence-electron chi connectivity index (χ1n) is 3.61. The Kier molecular flexibility index (Phi) is 3.13. The molecular weight excluding hydrogens is 134 g/mol. The smallest absolute Gasteiger partial charge is 0.0441 e. The Morgan fingerprint density at radius 2 is 2.36 bits per heavy atom. The van der Waals surface area contributed by atoms with Crippen LogP contribution in [-0.4, -0.2) is 4.98 Å². The normalized spacial score (nSPS) is 10.2. The van der Waals surface area contributed by atoms with Crippen molar-refractivity contribution >= 4 is 0 Å². The lowest BCUT2D eigenvalue weighted by Gasteiger charge is -1.91. The number of allylic oxidation sites excluding steroid dienone is 3. The molecule has 0 aromatic carbocycles. The fourth-order valence-corrected chi connectivity index (χ4v) is 0.804. The van der Waals surface area contributed by atoms with E-state index >= 15 is 0 Å². The Labute approximate surface area is 67.1 Å². The maximum absolute atomic E-state index is 4.16. The highest BCUT2D eigenvalue weighted by atomic mass is 14.7. The second kappa shape index (κ2) is 4.45. The van der Waals surface area contributed by atoms with E-state index < -0.39 is 0 Å². The zero-order valence-electron chi connectivity index (χ0n) is 6.40. The van der Waals surface area contributed by atoms with Crippen LogP contribution in [0.4, 0.5) is 0 Å². The van der Waals surface area contributed by atoms with Crippen molar-refractivity contribution in [1.82, 2.24) is 4.98 Å². The lowest BCUT2D eigenvalue weighted by atomic mass is 10.2. The molecule has 0 fully saturated rings. The fraction of sp³-hybridized carbons (Fsp3) is 0.100. The molecule has 1 heteroatoms. The molecule has 0 saturated carbocycles. The Balaban J connectivity index is 2.51. The van der Waals surface area contributed by atoms with E-state index in [4.69, 9.17) is 0 Å². The van der Waals surface area contributed by atoms with Gasteiger partial charge in [-0.2, -0.15) is 0 Å². The Morgan fingerprint density at radius 1 is 1.45 bits per heavy atom. The Bertz CT molecular complexity index is 236. The van der Waals surface area contributed by atoms with Crippen LogP contribution < -0.4 is 0 Å². The quantitative estimate of drug-likeness (QED) is 0.595. The number of rotatable bonds is 3. The highest BCUT2D eigenvalue weighted by molar-refractivity contribution is 5.09. The van der Waals surface area contributed by atoms with Gasteiger partial charge in [0.1, 0.15) is 0 Å². The lowest BCUT2D eigenvalue weighted by Crippen LogP contribution is -1.83. The molecule has 0 spiro atoms. The van der Waals surface area contributed by atoms with Crippen LogP contribution in [0.5, 0.6) is 0 Å². The van der Waals surface area contributed by atoms with Gasteiger partial charge in [0.15, 0.2) is 0 Å². The van der Waals surface area contributed by atoms with Crippen LogP contribution >= 0.6 is 0 Å². The Hall–Kier alpha value is -1.37. The molecule has 0 aliphatic carbocycles. The van der Waals surface area contributed by atoms with Gasteiger partial charge in [0, 0.05) is 18.3 Å². The van der Waals surface area contributed by atoms with Crippen molar-refractivity contribution in [3.8, 4) is 0 Å². The molecule has 0 saturated heterocycles. The van der Waals surface area contributed by atoms with Crippen molar-refractivity contribution in [1.29, 1.82) is 0 Å². The highest BCUT2D eigenvalue weighted by Gasteiger charge is 1.85. The molecule has 56 valence electrons. The van der Waals surface area contributed by atoms with Crippen molar-refractivity contribution in [3.63, 3.8) is 0 Å². The molecule has 11 heavy (non-hydrogen) atoms. The van der Waals surface area contributed by atoms with E-state index in [1.165, 1.54) is 0 Å². The van der Waals surface area contributed by atoms with E-state index in [0.29, 0.717) is 0 Å². The van der Waals surface area contributed by atoms with Gasteiger partial charge in [0.05, 0.1) is 0 Å². The molecule has 1 aromatic heterocycles. The summed E-state index contributed by atoms with van der Waals surface area (Å²) in [6, 6.07) is 5.91. The average molecular weight is 145 g/mol. The number of hydrogen-bond donors (Lipinski definition) is 0. The molecule has 1 heterocycles. The van der Waals surface area contributed by atoms with Gasteiger partial charge in [0.2, 0.25) is 0 Å². The van der Waals surface area contributed by atoms with Crippen LogP contribution in [0.3, 0.4) is 0 Å². The molecule has 0 bridgehead atoms. The third kappa shape index (κ3) is 2.80. The molecule has 0 radical (unpaired) electrons. The van der Waals surface area contributed by atoms with Crippen molar-refractivity contribution in [2.75, 3.05) is 0 Å². The molecule has 1 aromatic rings. The first-order chi connectivity index (χ1) is 5.43. The minimum atomic E-state index is 0.882. The monoisotopic (exact) mass is 145 g/mol. The summed E-state index contributed by atoms with van der Waals surface area (Å²) in [7, 11) is 0.